The lowest BCUT2D eigenvalue weighted by Crippen LogP contribution is -2.31. The Morgan fingerprint density at radius 2 is 0.765 bits per heavy atom. The molecule has 34 heavy (non-hydrogen) atoms. The van der Waals surface area contributed by atoms with E-state index in [-0.39, 0.29) is 0 Å². The van der Waals surface area contributed by atoms with Gasteiger partial charge in [-0.15, -0.1) is 0 Å². The monoisotopic (exact) mass is 474 g/mol. The van der Waals surface area contributed by atoms with Crippen molar-refractivity contribution < 1.29 is 9.90 Å². The number of carboxylic acids is 1. The lowest BCUT2D eigenvalue weighted by atomic mass is 9.74. The SMILES string of the molecule is CCCCC/C=C/CCCC(CCC/C=C/CCCCC)(CCC/C=C/CCCCC)C(=O)O. The third-order valence-electron chi connectivity index (χ3n) is 6.96. The molecule has 0 saturated carbocycles. The van der Waals surface area contributed by atoms with E-state index in [0.717, 1.165) is 77.0 Å². The van der Waals surface area contributed by atoms with Gasteiger partial charge in [-0.1, -0.05) is 95.8 Å². The summed E-state index contributed by atoms with van der Waals surface area (Å²) < 4.78 is 0. The predicted molar refractivity (Wildman–Crippen MR) is 151 cm³/mol. The van der Waals surface area contributed by atoms with Gasteiger partial charge in [-0.3, -0.25) is 4.79 Å². The fourth-order valence-corrected chi connectivity index (χ4v) is 4.61. The molecule has 0 saturated heterocycles. The third-order valence-corrected chi connectivity index (χ3v) is 6.96. The maximum atomic E-state index is 12.5. The van der Waals surface area contributed by atoms with Crippen molar-refractivity contribution in [3.63, 3.8) is 0 Å². The Bertz CT molecular complexity index is 465. The quantitative estimate of drug-likeness (QED) is 0.105. The van der Waals surface area contributed by atoms with E-state index < -0.39 is 11.4 Å². The summed E-state index contributed by atoms with van der Waals surface area (Å²) >= 11 is 0. The van der Waals surface area contributed by atoms with Gasteiger partial charge in [0.05, 0.1) is 5.41 Å². The van der Waals surface area contributed by atoms with E-state index >= 15 is 0 Å². The Morgan fingerprint density at radius 3 is 1.00 bits per heavy atom. The highest BCUT2D eigenvalue weighted by Gasteiger charge is 2.36. The van der Waals surface area contributed by atoms with Gasteiger partial charge in [-0.05, 0) is 96.3 Å². The number of aliphatic carboxylic acids is 1. The van der Waals surface area contributed by atoms with Crippen LogP contribution in [0.1, 0.15) is 156 Å². The Morgan fingerprint density at radius 1 is 0.500 bits per heavy atom. The molecule has 0 fully saturated rings. The molecule has 0 spiro atoms. The summed E-state index contributed by atoms with van der Waals surface area (Å²) in [4.78, 5) is 12.5. The minimum Gasteiger partial charge on any atom is -0.481 e. The number of rotatable bonds is 25. The average Bonchev–Trinajstić information content (AvgIpc) is 2.83. The highest BCUT2D eigenvalue weighted by molar-refractivity contribution is 5.74. The van der Waals surface area contributed by atoms with Crippen LogP contribution < -0.4 is 0 Å². The molecule has 0 aliphatic heterocycles. The lowest BCUT2D eigenvalue weighted by molar-refractivity contribution is -0.150. The van der Waals surface area contributed by atoms with Gasteiger partial charge in [-0.2, -0.15) is 0 Å². The summed E-state index contributed by atoms with van der Waals surface area (Å²) in [6, 6.07) is 0. The Kier molecular flexibility index (Phi) is 23.8. The predicted octanol–water partition coefficient (Wildman–Crippen LogP) is 11.0. The summed E-state index contributed by atoms with van der Waals surface area (Å²) in [5.41, 5.74) is -0.553. The molecule has 0 bridgehead atoms. The summed E-state index contributed by atoms with van der Waals surface area (Å²) in [7, 11) is 0. The minimum absolute atomic E-state index is 0.553. The fraction of sp³-hybridized carbons (Fsp3) is 0.781. The molecule has 2 nitrogen and oxygen atoms in total. The highest BCUT2D eigenvalue weighted by atomic mass is 16.4. The standard InChI is InChI=1S/C32H58O2/c1-4-7-10-13-16-19-22-25-28-32(31(33)34,29-26-23-20-17-14-11-8-5-2)30-27-24-21-18-15-12-9-6-3/h16-21H,4-15,22-30H2,1-3H3,(H,33,34)/b19-16+,20-17+,21-18+. The van der Waals surface area contributed by atoms with E-state index in [9.17, 15) is 9.90 Å². The molecule has 0 aliphatic rings. The Balaban J connectivity index is 4.68. The normalized spacial score (nSPS) is 12.6. The van der Waals surface area contributed by atoms with Gasteiger partial charge >= 0.3 is 5.97 Å². The van der Waals surface area contributed by atoms with Crippen LogP contribution in [0.3, 0.4) is 0 Å². The molecule has 2 heteroatoms. The molecule has 0 radical (unpaired) electrons. The zero-order valence-corrected chi connectivity index (χ0v) is 23.2. The van der Waals surface area contributed by atoms with Gasteiger partial charge in [0.25, 0.3) is 0 Å². The molecule has 0 aromatic carbocycles. The largest absolute Gasteiger partial charge is 0.481 e. The topological polar surface area (TPSA) is 37.3 Å². The molecule has 0 amide bonds. The van der Waals surface area contributed by atoms with Crippen molar-refractivity contribution in [1.82, 2.24) is 0 Å². The van der Waals surface area contributed by atoms with Crippen LogP contribution in [0.4, 0.5) is 0 Å². The zero-order chi connectivity index (χ0) is 25.2. The number of hydrogen-bond donors (Lipinski definition) is 1. The maximum absolute atomic E-state index is 12.5. The molecule has 1 N–H and O–H groups in total. The molecular weight excluding hydrogens is 416 g/mol. The molecule has 0 atom stereocenters. The Labute approximate surface area is 213 Å². The molecule has 0 unspecified atom stereocenters. The van der Waals surface area contributed by atoms with E-state index in [4.69, 9.17) is 0 Å². The van der Waals surface area contributed by atoms with Crippen molar-refractivity contribution in [1.29, 1.82) is 0 Å². The van der Waals surface area contributed by atoms with Crippen LogP contribution in [0.2, 0.25) is 0 Å². The van der Waals surface area contributed by atoms with Gasteiger partial charge in [0, 0.05) is 0 Å². The van der Waals surface area contributed by atoms with E-state index in [1.54, 1.807) is 0 Å². The van der Waals surface area contributed by atoms with Crippen molar-refractivity contribution >= 4 is 5.97 Å². The van der Waals surface area contributed by atoms with Crippen LogP contribution in [0.25, 0.3) is 0 Å². The molecule has 0 heterocycles. The highest BCUT2D eigenvalue weighted by Crippen LogP contribution is 2.37. The van der Waals surface area contributed by atoms with Crippen LogP contribution in [0.5, 0.6) is 0 Å². The molecule has 0 aliphatic carbocycles. The van der Waals surface area contributed by atoms with Gasteiger partial charge in [-0.25, -0.2) is 0 Å². The lowest BCUT2D eigenvalue weighted by Gasteiger charge is -2.29. The summed E-state index contributed by atoms with van der Waals surface area (Å²) in [6.07, 6.45) is 37.1. The van der Waals surface area contributed by atoms with Crippen molar-refractivity contribution in [2.75, 3.05) is 0 Å². The molecular formula is C32H58O2. The summed E-state index contributed by atoms with van der Waals surface area (Å²) in [6.45, 7) is 6.71. The van der Waals surface area contributed by atoms with Crippen LogP contribution >= 0.6 is 0 Å². The molecule has 0 rings (SSSR count). The first-order valence-corrected chi connectivity index (χ1v) is 14.8. The third kappa shape index (κ3) is 19.0. The average molecular weight is 475 g/mol. The van der Waals surface area contributed by atoms with Crippen LogP contribution in [-0.2, 0) is 4.79 Å². The van der Waals surface area contributed by atoms with Crippen molar-refractivity contribution in [3.8, 4) is 0 Å². The molecule has 0 aromatic heterocycles. The van der Waals surface area contributed by atoms with Crippen molar-refractivity contribution in [2.45, 2.75) is 156 Å². The second-order valence-corrected chi connectivity index (χ2v) is 10.2. The van der Waals surface area contributed by atoms with E-state index in [1.165, 1.54) is 57.8 Å². The first kappa shape index (κ1) is 32.7. The first-order chi connectivity index (χ1) is 16.6. The minimum atomic E-state index is -0.571. The summed E-state index contributed by atoms with van der Waals surface area (Å²) in [5.74, 6) is -0.571. The van der Waals surface area contributed by atoms with E-state index in [1.807, 2.05) is 0 Å². The van der Waals surface area contributed by atoms with Crippen LogP contribution in [-0.4, -0.2) is 11.1 Å². The van der Waals surface area contributed by atoms with Gasteiger partial charge in [0.1, 0.15) is 0 Å². The number of carboxylic acid groups (broad SMARTS) is 1. The van der Waals surface area contributed by atoms with Crippen molar-refractivity contribution in [2.24, 2.45) is 5.41 Å². The molecule has 198 valence electrons. The zero-order valence-electron chi connectivity index (χ0n) is 23.2. The maximum Gasteiger partial charge on any atom is 0.309 e. The van der Waals surface area contributed by atoms with E-state index in [0.29, 0.717) is 0 Å². The second-order valence-electron chi connectivity index (χ2n) is 10.2. The van der Waals surface area contributed by atoms with Gasteiger partial charge in [0.15, 0.2) is 0 Å². The van der Waals surface area contributed by atoms with Gasteiger partial charge in [0.2, 0.25) is 0 Å². The first-order valence-electron chi connectivity index (χ1n) is 14.8. The number of hydrogen-bond acceptors (Lipinski definition) is 1. The fourth-order valence-electron chi connectivity index (χ4n) is 4.61. The Hall–Kier alpha value is -1.31. The number of allylic oxidation sites excluding steroid dienone is 6. The smallest absolute Gasteiger partial charge is 0.309 e. The molecule has 0 aromatic rings. The van der Waals surface area contributed by atoms with Gasteiger partial charge < -0.3 is 5.11 Å². The van der Waals surface area contributed by atoms with E-state index in [2.05, 4.69) is 57.2 Å². The van der Waals surface area contributed by atoms with Crippen LogP contribution in [0, 0.1) is 5.41 Å². The van der Waals surface area contributed by atoms with Crippen LogP contribution in [0.15, 0.2) is 36.5 Å². The number of carbonyl (C=O) groups is 1. The summed E-state index contributed by atoms with van der Waals surface area (Å²) in [5, 5.41) is 10.3. The second kappa shape index (κ2) is 24.8. The van der Waals surface area contributed by atoms with Crippen molar-refractivity contribution in [3.05, 3.63) is 36.5 Å². The number of unbranched alkanes of at least 4 members (excludes halogenated alkanes) is 12.